The van der Waals surface area contributed by atoms with E-state index in [2.05, 4.69) is 0 Å². The lowest BCUT2D eigenvalue weighted by molar-refractivity contribution is -0.263. The second kappa shape index (κ2) is 7.26. The molecule has 0 unspecified atom stereocenters. The standard InChI is InChI=1S/C17H18F3NO4S/c1-12-10-14(8-9-15(12)25-2)26(23,24)21-11-16(22,17(18,19)20)13-6-4-3-5-7-13/h3-10,21-22H,11H2,1-2H3/t16-/m0/s1. The maximum absolute atomic E-state index is 13.4. The number of nitrogens with one attached hydrogen (secondary N) is 1. The van der Waals surface area contributed by atoms with E-state index in [1.54, 1.807) is 6.92 Å². The Kier molecular flexibility index (Phi) is 5.64. The summed E-state index contributed by atoms with van der Waals surface area (Å²) in [5, 5.41) is 10.2. The largest absolute Gasteiger partial charge is 0.496 e. The molecule has 0 amide bonds. The molecular formula is C17H18F3NO4S. The fourth-order valence-corrected chi connectivity index (χ4v) is 3.53. The highest BCUT2D eigenvalue weighted by Crippen LogP contribution is 2.38. The molecule has 2 aromatic rings. The number of aliphatic hydroxyl groups is 1. The minimum absolute atomic E-state index is 0.228. The summed E-state index contributed by atoms with van der Waals surface area (Å²) in [5.41, 5.74) is -3.31. The molecule has 0 spiro atoms. The molecule has 0 fully saturated rings. The molecule has 0 radical (unpaired) electrons. The number of aryl methyl sites for hydroxylation is 1. The highest BCUT2D eigenvalue weighted by molar-refractivity contribution is 7.89. The van der Waals surface area contributed by atoms with Gasteiger partial charge >= 0.3 is 6.18 Å². The van der Waals surface area contributed by atoms with Gasteiger partial charge in [0.05, 0.1) is 18.6 Å². The smallest absolute Gasteiger partial charge is 0.422 e. The fraction of sp³-hybridized carbons (Fsp3) is 0.294. The third-order valence-corrected chi connectivity index (χ3v) is 5.31. The van der Waals surface area contributed by atoms with Crippen LogP contribution in [0.5, 0.6) is 5.75 Å². The number of hydrogen-bond acceptors (Lipinski definition) is 4. The van der Waals surface area contributed by atoms with Crippen LogP contribution in [0, 0.1) is 6.92 Å². The zero-order chi connectivity index (χ0) is 19.6. The second-order valence-corrected chi connectivity index (χ2v) is 7.45. The molecule has 0 bridgehead atoms. The van der Waals surface area contributed by atoms with Gasteiger partial charge in [0.1, 0.15) is 5.75 Å². The van der Waals surface area contributed by atoms with Gasteiger partial charge in [-0.15, -0.1) is 0 Å². The van der Waals surface area contributed by atoms with Gasteiger partial charge in [-0.1, -0.05) is 30.3 Å². The molecule has 5 nitrogen and oxygen atoms in total. The van der Waals surface area contributed by atoms with Crippen molar-refractivity contribution in [2.24, 2.45) is 0 Å². The van der Waals surface area contributed by atoms with Crippen LogP contribution in [0.2, 0.25) is 0 Å². The Balaban J connectivity index is 2.32. The molecule has 0 aliphatic heterocycles. The van der Waals surface area contributed by atoms with E-state index in [9.17, 15) is 26.7 Å². The number of benzene rings is 2. The summed E-state index contributed by atoms with van der Waals surface area (Å²) in [4.78, 5) is -0.228. The first kappa shape index (κ1) is 20.2. The third kappa shape index (κ3) is 4.00. The van der Waals surface area contributed by atoms with Crippen molar-refractivity contribution < 1.29 is 31.4 Å². The average Bonchev–Trinajstić information content (AvgIpc) is 2.59. The predicted octanol–water partition coefficient (Wildman–Crippen LogP) is 2.73. The van der Waals surface area contributed by atoms with Crippen LogP contribution in [0.4, 0.5) is 13.2 Å². The van der Waals surface area contributed by atoms with Crippen LogP contribution >= 0.6 is 0 Å². The normalized spacial score (nSPS) is 14.7. The fourth-order valence-electron chi connectivity index (χ4n) is 2.38. The lowest BCUT2D eigenvalue weighted by Gasteiger charge is -2.31. The van der Waals surface area contributed by atoms with Crippen LogP contribution in [0.25, 0.3) is 0 Å². The van der Waals surface area contributed by atoms with Crippen LogP contribution in [0.15, 0.2) is 53.4 Å². The Morgan fingerprint density at radius 3 is 2.23 bits per heavy atom. The van der Waals surface area contributed by atoms with Crippen molar-refractivity contribution in [1.29, 1.82) is 0 Å². The van der Waals surface area contributed by atoms with Gasteiger partial charge in [-0.05, 0) is 36.2 Å². The maximum Gasteiger partial charge on any atom is 0.422 e. The van der Waals surface area contributed by atoms with E-state index in [1.165, 1.54) is 43.5 Å². The van der Waals surface area contributed by atoms with E-state index < -0.39 is 33.9 Å². The summed E-state index contributed by atoms with van der Waals surface area (Å²) in [5.74, 6) is 0.444. The van der Waals surface area contributed by atoms with Crippen LogP contribution in [0.1, 0.15) is 11.1 Å². The first-order valence-electron chi connectivity index (χ1n) is 7.50. The van der Waals surface area contributed by atoms with Crippen LogP contribution in [0.3, 0.4) is 0 Å². The SMILES string of the molecule is COc1ccc(S(=O)(=O)NC[C@](O)(c2ccccc2)C(F)(F)F)cc1C. The second-order valence-electron chi connectivity index (χ2n) is 5.68. The zero-order valence-corrected chi connectivity index (χ0v) is 14.9. The number of halogens is 3. The first-order valence-corrected chi connectivity index (χ1v) is 8.98. The van der Waals surface area contributed by atoms with Crippen molar-refractivity contribution >= 4 is 10.0 Å². The number of sulfonamides is 1. The van der Waals surface area contributed by atoms with Crippen LogP contribution in [-0.4, -0.2) is 33.4 Å². The molecule has 1 atom stereocenters. The van der Waals surface area contributed by atoms with Gasteiger partial charge in [0, 0.05) is 0 Å². The summed E-state index contributed by atoms with van der Waals surface area (Å²) in [6, 6.07) is 10.2. The van der Waals surface area contributed by atoms with E-state index >= 15 is 0 Å². The Morgan fingerprint density at radius 2 is 1.73 bits per heavy atom. The monoisotopic (exact) mass is 389 g/mol. The first-order chi connectivity index (χ1) is 12.0. The molecule has 0 aliphatic rings. The summed E-state index contributed by atoms with van der Waals surface area (Å²) < 4.78 is 71.9. The van der Waals surface area contributed by atoms with Crippen molar-refractivity contribution in [3.8, 4) is 5.75 Å². The molecule has 26 heavy (non-hydrogen) atoms. The summed E-state index contributed by atoms with van der Waals surface area (Å²) in [6.07, 6.45) is -5.08. The van der Waals surface area contributed by atoms with Crippen molar-refractivity contribution in [2.75, 3.05) is 13.7 Å². The average molecular weight is 389 g/mol. The molecule has 2 aromatic carbocycles. The van der Waals surface area contributed by atoms with Gasteiger partial charge in [0.15, 0.2) is 5.60 Å². The van der Waals surface area contributed by atoms with Gasteiger partial charge in [-0.3, -0.25) is 0 Å². The van der Waals surface area contributed by atoms with E-state index in [0.29, 0.717) is 11.3 Å². The molecule has 0 saturated heterocycles. The zero-order valence-electron chi connectivity index (χ0n) is 14.0. The van der Waals surface area contributed by atoms with E-state index in [4.69, 9.17) is 4.74 Å². The Bertz CT molecular complexity index is 869. The summed E-state index contributed by atoms with van der Waals surface area (Å²) in [7, 11) is -2.86. The molecule has 0 aromatic heterocycles. The minimum atomic E-state index is -5.08. The molecule has 9 heteroatoms. The number of methoxy groups -OCH3 is 1. The number of ether oxygens (including phenoxy) is 1. The quantitative estimate of drug-likeness (QED) is 0.797. The Hall–Kier alpha value is -2.10. The van der Waals surface area contributed by atoms with Crippen LogP contribution in [-0.2, 0) is 15.6 Å². The number of hydrogen-bond donors (Lipinski definition) is 2. The van der Waals surface area contributed by atoms with E-state index in [0.717, 1.165) is 12.1 Å². The molecule has 142 valence electrons. The van der Waals surface area contributed by atoms with Gasteiger partial charge in [0.2, 0.25) is 10.0 Å². The lowest BCUT2D eigenvalue weighted by Crippen LogP contribution is -2.51. The Morgan fingerprint density at radius 1 is 1.12 bits per heavy atom. The minimum Gasteiger partial charge on any atom is -0.496 e. The van der Waals surface area contributed by atoms with Crippen LogP contribution < -0.4 is 9.46 Å². The van der Waals surface area contributed by atoms with Gasteiger partial charge in [-0.2, -0.15) is 13.2 Å². The molecular weight excluding hydrogens is 371 g/mol. The predicted molar refractivity (Wildman–Crippen MR) is 89.3 cm³/mol. The van der Waals surface area contributed by atoms with E-state index in [1.807, 2.05) is 4.72 Å². The topological polar surface area (TPSA) is 75.6 Å². The third-order valence-electron chi connectivity index (χ3n) is 3.91. The summed E-state index contributed by atoms with van der Waals surface area (Å²) >= 11 is 0. The molecule has 0 aliphatic carbocycles. The van der Waals surface area contributed by atoms with Gasteiger partial charge in [0.25, 0.3) is 0 Å². The molecule has 2 rings (SSSR count). The highest BCUT2D eigenvalue weighted by Gasteiger charge is 2.55. The number of rotatable bonds is 6. The maximum atomic E-state index is 13.4. The van der Waals surface area contributed by atoms with Gasteiger partial charge in [-0.25, -0.2) is 13.1 Å². The Labute approximate surface area is 149 Å². The number of alkyl halides is 3. The summed E-state index contributed by atoms with van der Waals surface area (Å²) in [6.45, 7) is 0.349. The molecule has 0 saturated carbocycles. The van der Waals surface area contributed by atoms with Gasteiger partial charge < -0.3 is 9.84 Å². The van der Waals surface area contributed by atoms with Crippen molar-refractivity contribution in [3.63, 3.8) is 0 Å². The highest BCUT2D eigenvalue weighted by atomic mass is 32.2. The van der Waals surface area contributed by atoms with Crippen molar-refractivity contribution in [3.05, 3.63) is 59.7 Å². The molecule has 0 heterocycles. The van der Waals surface area contributed by atoms with E-state index in [-0.39, 0.29) is 4.90 Å². The molecule has 2 N–H and O–H groups in total. The van der Waals surface area contributed by atoms with Crippen molar-refractivity contribution in [1.82, 2.24) is 4.72 Å². The lowest BCUT2D eigenvalue weighted by atomic mass is 9.93. The van der Waals surface area contributed by atoms with Crippen molar-refractivity contribution in [2.45, 2.75) is 23.6 Å².